The summed E-state index contributed by atoms with van der Waals surface area (Å²) in [6, 6.07) is 13.0. The Bertz CT molecular complexity index is 784. The number of likely N-dealkylation sites (tertiary alicyclic amines) is 1. The summed E-state index contributed by atoms with van der Waals surface area (Å²) in [4.78, 5) is 28.7. The lowest BCUT2D eigenvalue weighted by Crippen LogP contribution is -2.37. The van der Waals surface area contributed by atoms with Gasteiger partial charge in [-0.05, 0) is 18.2 Å². The minimum Gasteiger partial charge on any atom is -0.471 e. The minimum atomic E-state index is -0.294. The second kappa shape index (κ2) is 7.11. The van der Waals surface area contributed by atoms with E-state index in [1.54, 1.807) is 28.1 Å². The van der Waals surface area contributed by atoms with E-state index >= 15 is 0 Å². The van der Waals surface area contributed by atoms with Gasteiger partial charge in [-0.15, -0.1) is 5.10 Å². The number of benzene rings is 1. The van der Waals surface area contributed by atoms with Gasteiger partial charge >= 0.3 is 0 Å². The maximum atomic E-state index is 12.8. The second-order valence-electron chi connectivity index (χ2n) is 6.62. The van der Waals surface area contributed by atoms with Gasteiger partial charge in [0.1, 0.15) is 6.10 Å². The number of hydrogen-bond donors (Lipinski definition) is 0. The van der Waals surface area contributed by atoms with E-state index in [4.69, 9.17) is 4.74 Å². The molecule has 0 N–H and O–H groups in total. The molecule has 0 saturated carbocycles. The van der Waals surface area contributed by atoms with Gasteiger partial charge in [0.25, 0.3) is 0 Å². The van der Waals surface area contributed by atoms with E-state index in [-0.39, 0.29) is 30.3 Å². The molecule has 0 aliphatic carbocycles. The van der Waals surface area contributed by atoms with Crippen molar-refractivity contribution in [2.75, 3.05) is 24.5 Å². The molecule has 2 fully saturated rings. The van der Waals surface area contributed by atoms with Crippen molar-refractivity contribution in [3.05, 3.63) is 48.7 Å². The van der Waals surface area contributed by atoms with Crippen molar-refractivity contribution in [2.45, 2.75) is 18.9 Å². The number of nitrogens with zero attached hydrogens (tertiary/aromatic N) is 4. The molecule has 2 atom stereocenters. The highest BCUT2D eigenvalue weighted by molar-refractivity contribution is 6.00. The molecule has 1 aromatic heterocycles. The van der Waals surface area contributed by atoms with Crippen LogP contribution in [0, 0.1) is 5.92 Å². The zero-order chi connectivity index (χ0) is 17.9. The average molecular weight is 352 g/mol. The van der Waals surface area contributed by atoms with Crippen LogP contribution in [-0.4, -0.2) is 52.6 Å². The fourth-order valence-corrected chi connectivity index (χ4v) is 3.53. The van der Waals surface area contributed by atoms with Crippen molar-refractivity contribution in [1.82, 2.24) is 15.1 Å². The molecule has 3 heterocycles. The first kappa shape index (κ1) is 16.5. The van der Waals surface area contributed by atoms with Crippen molar-refractivity contribution in [3.63, 3.8) is 0 Å². The van der Waals surface area contributed by atoms with E-state index < -0.39 is 0 Å². The Morgan fingerprint density at radius 3 is 2.73 bits per heavy atom. The summed E-state index contributed by atoms with van der Waals surface area (Å²) in [7, 11) is 0. The van der Waals surface area contributed by atoms with Crippen LogP contribution in [0.4, 0.5) is 5.69 Å². The summed E-state index contributed by atoms with van der Waals surface area (Å²) in [6.45, 7) is 1.60. The summed E-state index contributed by atoms with van der Waals surface area (Å²) in [5, 5.41) is 7.71. The smallest absolute Gasteiger partial charge is 0.233 e. The summed E-state index contributed by atoms with van der Waals surface area (Å²) in [6.07, 6.45) is 2.52. The largest absolute Gasteiger partial charge is 0.471 e. The highest BCUT2D eigenvalue weighted by Crippen LogP contribution is 2.27. The lowest BCUT2D eigenvalue weighted by molar-refractivity contribution is -0.135. The molecule has 7 heteroatoms. The Morgan fingerprint density at radius 1 is 1.12 bits per heavy atom. The molecule has 2 aliphatic rings. The molecule has 26 heavy (non-hydrogen) atoms. The number of aromatic nitrogens is 2. The molecule has 2 unspecified atom stereocenters. The predicted molar refractivity (Wildman–Crippen MR) is 94.5 cm³/mol. The van der Waals surface area contributed by atoms with Gasteiger partial charge < -0.3 is 14.5 Å². The number of carbonyl (C=O) groups is 2. The monoisotopic (exact) mass is 352 g/mol. The van der Waals surface area contributed by atoms with Crippen LogP contribution < -0.4 is 9.64 Å². The molecule has 0 radical (unpaired) electrons. The fourth-order valence-electron chi connectivity index (χ4n) is 3.53. The SMILES string of the molecule is O=C(C1CC(=O)N(c2ccccc2)C1)N1CCC(Oc2cccnn2)C1. The highest BCUT2D eigenvalue weighted by Gasteiger charge is 2.39. The van der Waals surface area contributed by atoms with E-state index in [1.165, 1.54) is 0 Å². The Balaban J connectivity index is 1.36. The van der Waals surface area contributed by atoms with Crippen LogP contribution in [0.1, 0.15) is 12.8 Å². The number of carbonyl (C=O) groups excluding carboxylic acids is 2. The van der Waals surface area contributed by atoms with Gasteiger partial charge in [-0.1, -0.05) is 18.2 Å². The maximum Gasteiger partial charge on any atom is 0.233 e. The molecular weight excluding hydrogens is 332 g/mol. The molecule has 2 saturated heterocycles. The number of amides is 2. The topological polar surface area (TPSA) is 75.6 Å². The number of ether oxygens (including phenoxy) is 1. The third kappa shape index (κ3) is 3.37. The first-order chi connectivity index (χ1) is 12.7. The molecule has 0 spiro atoms. The Hall–Kier alpha value is -2.96. The predicted octanol–water partition coefficient (Wildman–Crippen LogP) is 1.51. The molecule has 1 aromatic carbocycles. The fraction of sp³-hybridized carbons (Fsp3) is 0.368. The minimum absolute atomic E-state index is 0.00102. The molecule has 0 bridgehead atoms. The lowest BCUT2D eigenvalue weighted by Gasteiger charge is -2.21. The van der Waals surface area contributed by atoms with Gasteiger partial charge in [-0.25, -0.2) is 0 Å². The normalized spacial score (nSPS) is 22.7. The Morgan fingerprint density at radius 2 is 1.96 bits per heavy atom. The quantitative estimate of drug-likeness (QED) is 0.834. The Labute approximate surface area is 151 Å². The van der Waals surface area contributed by atoms with Crippen LogP contribution >= 0.6 is 0 Å². The van der Waals surface area contributed by atoms with E-state index in [0.717, 1.165) is 12.1 Å². The van der Waals surface area contributed by atoms with Crippen LogP contribution in [0.25, 0.3) is 0 Å². The van der Waals surface area contributed by atoms with Crippen molar-refractivity contribution in [3.8, 4) is 5.88 Å². The van der Waals surface area contributed by atoms with Gasteiger partial charge in [-0.3, -0.25) is 9.59 Å². The van der Waals surface area contributed by atoms with Crippen LogP contribution in [-0.2, 0) is 9.59 Å². The van der Waals surface area contributed by atoms with Gasteiger partial charge in [0.15, 0.2) is 0 Å². The third-order valence-electron chi connectivity index (χ3n) is 4.83. The molecule has 134 valence electrons. The van der Waals surface area contributed by atoms with Crippen molar-refractivity contribution >= 4 is 17.5 Å². The first-order valence-corrected chi connectivity index (χ1v) is 8.79. The zero-order valence-corrected chi connectivity index (χ0v) is 14.3. The summed E-state index contributed by atoms with van der Waals surface area (Å²) < 4.78 is 5.79. The van der Waals surface area contributed by atoms with Crippen molar-refractivity contribution in [1.29, 1.82) is 0 Å². The summed E-state index contributed by atoms with van der Waals surface area (Å²) >= 11 is 0. The molecule has 2 amide bonds. The van der Waals surface area contributed by atoms with Gasteiger partial charge in [0.05, 0.1) is 12.5 Å². The number of para-hydroxylation sites is 1. The molecule has 7 nitrogen and oxygen atoms in total. The van der Waals surface area contributed by atoms with Crippen LogP contribution in [0.15, 0.2) is 48.7 Å². The summed E-state index contributed by atoms with van der Waals surface area (Å²) in [5.74, 6) is 0.208. The van der Waals surface area contributed by atoms with Gasteiger partial charge in [0.2, 0.25) is 17.7 Å². The highest BCUT2D eigenvalue weighted by atomic mass is 16.5. The molecule has 4 rings (SSSR count). The van der Waals surface area contributed by atoms with Gasteiger partial charge in [0, 0.05) is 43.9 Å². The van der Waals surface area contributed by atoms with Crippen LogP contribution in [0.5, 0.6) is 5.88 Å². The standard InChI is InChI=1S/C19H20N4O3/c24-18-11-14(12-23(18)15-5-2-1-3-6-15)19(25)22-10-8-16(13-22)26-17-7-4-9-20-21-17/h1-7,9,14,16H,8,10-13H2. The van der Waals surface area contributed by atoms with Crippen LogP contribution in [0.2, 0.25) is 0 Å². The molecular formula is C19H20N4O3. The lowest BCUT2D eigenvalue weighted by atomic mass is 10.1. The summed E-state index contributed by atoms with van der Waals surface area (Å²) in [5.41, 5.74) is 0.845. The molecule has 2 aromatic rings. The maximum absolute atomic E-state index is 12.8. The second-order valence-corrected chi connectivity index (χ2v) is 6.62. The van der Waals surface area contributed by atoms with E-state index in [1.807, 2.05) is 30.3 Å². The van der Waals surface area contributed by atoms with Crippen molar-refractivity contribution in [2.24, 2.45) is 5.92 Å². The molecule has 2 aliphatic heterocycles. The van der Waals surface area contributed by atoms with Crippen LogP contribution in [0.3, 0.4) is 0 Å². The zero-order valence-electron chi connectivity index (χ0n) is 14.3. The number of anilines is 1. The average Bonchev–Trinajstić information content (AvgIpc) is 3.29. The van der Waals surface area contributed by atoms with E-state index in [9.17, 15) is 9.59 Å². The number of rotatable bonds is 4. The number of hydrogen-bond acceptors (Lipinski definition) is 5. The third-order valence-corrected chi connectivity index (χ3v) is 4.83. The van der Waals surface area contributed by atoms with E-state index in [0.29, 0.717) is 25.5 Å². The Kier molecular flexibility index (Phi) is 4.51. The van der Waals surface area contributed by atoms with Crippen molar-refractivity contribution < 1.29 is 14.3 Å². The first-order valence-electron chi connectivity index (χ1n) is 8.79. The van der Waals surface area contributed by atoms with E-state index in [2.05, 4.69) is 10.2 Å². The van der Waals surface area contributed by atoms with Gasteiger partial charge in [-0.2, -0.15) is 5.10 Å².